The molecular formula is C24H15KO12Pb. The van der Waals surface area contributed by atoms with Gasteiger partial charge >= 0.3 is 96.6 Å². The maximum Gasteiger partial charge on any atom is 2.00 e. The minimum Gasteiger partial charge on any atom is -0.545 e. The first-order chi connectivity index (χ1) is 16.9. The number of carboxylic acid groups (broad SMARTS) is 6. The number of hydrogen-bond donors (Lipinski definition) is 3. The van der Waals surface area contributed by atoms with Gasteiger partial charge in [0.05, 0.1) is 34.6 Å². The van der Waals surface area contributed by atoms with E-state index in [1.54, 1.807) is 0 Å². The van der Waals surface area contributed by atoms with Gasteiger partial charge in [0.2, 0.25) is 0 Å². The van der Waals surface area contributed by atoms with Crippen molar-refractivity contribution in [1.82, 2.24) is 0 Å². The molecule has 0 saturated carbocycles. The van der Waals surface area contributed by atoms with Crippen LogP contribution in [0.1, 0.15) is 62.1 Å². The Bertz CT molecular complexity index is 1060. The number of hydrogen-bond acceptors (Lipinski definition) is 9. The minimum absolute atomic E-state index is 0. The maximum atomic E-state index is 10.4. The van der Waals surface area contributed by atoms with Gasteiger partial charge in [0.15, 0.2) is 0 Å². The second kappa shape index (κ2) is 18.3. The van der Waals surface area contributed by atoms with Gasteiger partial charge in [-0.3, -0.25) is 0 Å². The third-order valence-corrected chi connectivity index (χ3v) is 4.13. The van der Waals surface area contributed by atoms with Crippen LogP contribution >= 0.6 is 0 Å². The van der Waals surface area contributed by atoms with Crippen molar-refractivity contribution in [2.75, 3.05) is 0 Å². The van der Waals surface area contributed by atoms with E-state index >= 15 is 0 Å². The van der Waals surface area contributed by atoms with E-state index < -0.39 is 35.8 Å². The van der Waals surface area contributed by atoms with Crippen LogP contribution in [0, 0.1) is 0 Å². The molecule has 3 rings (SSSR count). The Morgan fingerprint density at radius 1 is 0.421 bits per heavy atom. The Balaban J connectivity index is 0. The summed E-state index contributed by atoms with van der Waals surface area (Å²) in [6, 6.07) is 15.9. The molecule has 3 N–H and O–H groups in total. The maximum absolute atomic E-state index is 10.4. The van der Waals surface area contributed by atoms with Crippen LogP contribution in [0.5, 0.6) is 0 Å². The smallest absolute Gasteiger partial charge is 0.545 e. The molecule has 12 nitrogen and oxygen atoms in total. The van der Waals surface area contributed by atoms with Crippen molar-refractivity contribution in [2.24, 2.45) is 0 Å². The van der Waals surface area contributed by atoms with Gasteiger partial charge < -0.3 is 45.0 Å². The first kappa shape index (κ1) is 37.2. The molecule has 0 amide bonds. The van der Waals surface area contributed by atoms with Crippen LogP contribution < -0.4 is 66.7 Å². The van der Waals surface area contributed by atoms with Crippen LogP contribution in [0.15, 0.2) is 72.8 Å². The molecule has 0 aliphatic rings. The number of carbonyl (C=O) groups is 6. The largest absolute Gasteiger partial charge is 2.00 e. The fraction of sp³-hybridized carbons (Fsp3) is 0. The van der Waals surface area contributed by atoms with Crippen LogP contribution in [0.4, 0.5) is 0 Å². The summed E-state index contributed by atoms with van der Waals surface area (Å²) < 4.78 is 0. The first-order valence-corrected chi connectivity index (χ1v) is 9.49. The van der Waals surface area contributed by atoms with E-state index in [4.69, 9.17) is 15.3 Å². The fourth-order valence-electron chi connectivity index (χ4n) is 2.54. The fourth-order valence-corrected chi connectivity index (χ4v) is 2.54. The summed E-state index contributed by atoms with van der Waals surface area (Å²) in [6.07, 6.45) is 0. The minimum atomic E-state index is -1.48. The van der Waals surface area contributed by atoms with E-state index in [0.717, 1.165) is 0 Å². The summed E-state index contributed by atoms with van der Waals surface area (Å²) in [5.74, 6) is -8.24. The van der Waals surface area contributed by atoms with Gasteiger partial charge in [0.25, 0.3) is 0 Å². The topological polar surface area (TPSA) is 232 Å². The Labute approximate surface area is 277 Å². The standard InChI is InChI=1S/3C8H6O4.K.Pb/c3*9-7(10)5-3-1-2-4-6(5)8(11)12;;/h3*1-4H,(H,9,10)(H,11,12);;/q;;;+1;+2/p-3. The van der Waals surface area contributed by atoms with Gasteiger partial charge in [-0.1, -0.05) is 54.6 Å². The number of carboxylic acids is 6. The second-order valence-corrected chi connectivity index (χ2v) is 6.41. The molecule has 3 aromatic carbocycles. The molecule has 14 heteroatoms. The molecule has 0 fully saturated rings. The molecule has 2 radical (unpaired) electrons. The predicted molar refractivity (Wildman–Crippen MR) is 119 cm³/mol. The third-order valence-electron chi connectivity index (χ3n) is 4.13. The van der Waals surface area contributed by atoms with Gasteiger partial charge in [-0.05, 0) is 18.2 Å². The molecule has 0 atom stereocenters. The van der Waals surface area contributed by atoms with Crippen molar-refractivity contribution >= 4 is 63.1 Å². The zero-order valence-corrected chi connectivity index (χ0v) is 26.5. The van der Waals surface area contributed by atoms with E-state index in [2.05, 4.69) is 0 Å². The summed E-state index contributed by atoms with van der Waals surface area (Å²) in [6.45, 7) is 0. The van der Waals surface area contributed by atoms with Crippen molar-refractivity contribution in [3.8, 4) is 0 Å². The molecule has 0 aromatic heterocycles. The zero-order chi connectivity index (χ0) is 27.4. The van der Waals surface area contributed by atoms with Crippen LogP contribution in [0.25, 0.3) is 0 Å². The monoisotopic (exact) mass is 742 g/mol. The molecule has 188 valence electrons. The summed E-state index contributed by atoms with van der Waals surface area (Å²) in [7, 11) is 0. The summed E-state index contributed by atoms with van der Waals surface area (Å²) in [4.78, 5) is 62.4. The average molecular weight is 742 g/mol. The number of aromatic carboxylic acids is 6. The van der Waals surface area contributed by atoms with Gasteiger partial charge in [-0.15, -0.1) is 0 Å². The molecule has 0 unspecified atom stereocenters. The molecule has 0 heterocycles. The molecule has 0 bridgehead atoms. The normalized spacial score (nSPS) is 8.84. The van der Waals surface area contributed by atoms with Crippen molar-refractivity contribution in [3.63, 3.8) is 0 Å². The Morgan fingerprint density at radius 3 is 0.684 bits per heavy atom. The van der Waals surface area contributed by atoms with Gasteiger partial charge in [0.1, 0.15) is 0 Å². The molecular weight excluding hydrogens is 727 g/mol. The third kappa shape index (κ3) is 11.6. The molecule has 0 aliphatic carbocycles. The molecule has 0 aliphatic heterocycles. The summed E-state index contributed by atoms with van der Waals surface area (Å²) >= 11 is 0. The van der Waals surface area contributed by atoms with Crippen molar-refractivity contribution in [3.05, 3.63) is 106 Å². The Hall–Kier alpha value is -2.96. The van der Waals surface area contributed by atoms with Crippen LogP contribution in [0.3, 0.4) is 0 Å². The van der Waals surface area contributed by atoms with Crippen LogP contribution in [-0.2, 0) is 0 Å². The van der Waals surface area contributed by atoms with Crippen molar-refractivity contribution in [2.45, 2.75) is 0 Å². The molecule has 0 saturated heterocycles. The van der Waals surface area contributed by atoms with Crippen LogP contribution in [0.2, 0.25) is 0 Å². The van der Waals surface area contributed by atoms with Crippen LogP contribution in [-0.4, -0.2) is 78.4 Å². The Morgan fingerprint density at radius 2 is 0.579 bits per heavy atom. The zero-order valence-electron chi connectivity index (χ0n) is 19.4. The van der Waals surface area contributed by atoms with E-state index in [1.165, 1.54) is 72.8 Å². The van der Waals surface area contributed by atoms with Crippen molar-refractivity contribution in [1.29, 1.82) is 0 Å². The molecule has 0 spiro atoms. The van der Waals surface area contributed by atoms with E-state index in [1.807, 2.05) is 0 Å². The SMILES string of the molecule is O=C([O-])c1ccccc1C(=O)O.O=C([O-])c1ccccc1C(=O)O.O=C([O-])c1ccccc1C(=O)O.[K+].[Pb+2]. The number of carbonyl (C=O) groups excluding carboxylic acids is 3. The number of rotatable bonds is 6. The molecule has 38 heavy (non-hydrogen) atoms. The second-order valence-electron chi connectivity index (χ2n) is 6.41. The van der Waals surface area contributed by atoms with Gasteiger partial charge in [-0.2, -0.15) is 0 Å². The van der Waals surface area contributed by atoms with Gasteiger partial charge in [-0.25, -0.2) is 14.4 Å². The molecule has 3 aromatic rings. The van der Waals surface area contributed by atoms with Gasteiger partial charge in [0, 0.05) is 16.7 Å². The Kier molecular flexibility index (Phi) is 17.9. The van der Waals surface area contributed by atoms with E-state index in [9.17, 15) is 44.1 Å². The first-order valence-electron chi connectivity index (χ1n) is 9.49. The summed E-state index contributed by atoms with van der Waals surface area (Å²) in [5, 5.41) is 56.6. The quantitative estimate of drug-likeness (QED) is 0.205. The van der Waals surface area contributed by atoms with Crippen molar-refractivity contribution < 1.29 is 111 Å². The van der Waals surface area contributed by atoms with E-state index in [-0.39, 0.29) is 112 Å². The number of benzene rings is 3. The average Bonchev–Trinajstić information content (AvgIpc) is 2.84. The predicted octanol–water partition coefficient (Wildman–Crippen LogP) is -4.13. The summed E-state index contributed by atoms with van der Waals surface area (Å²) in [5.41, 5.74) is -1.66. The van der Waals surface area contributed by atoms with E-state index in [0.29, 0.717) is 0 Å².